The molecule has 25 heavy (non-hydrogen) atoms. The van der Waals surface area contributed by atoms with E-state index >= 15 is 0 Å². The van der Waals surface area contributed by atoms with Crippen molar-refractivity contribution in [2.24, 2.45) is 0 Å². The van der Waals surface area contributed by atoms with Crippen LogP contribution >= 0.6 is 11.8 Å². The molecule has 0 saturated heterocycles. The largest absolute Gasteiger partial charge is 0.323 e. The molecule has 0 saturated carbocycles. The van der Waals surface area contributed by atoms with Crippen LogP contribution in [0.4, 0.5) is 5.69 Å². The van der Waals surface area contributed by atoms with Gasteiger partial charge in [0.05, 0.1) is 12.1 Å². The fraction of sp³-hybridized carbons (Fsp3) is 0.167. The molecule has 3 N–H and O–H groups in total. The third-order valence-electron chi connectivity index (χ3n) is 3.84. The Kier molecular flexibility index (Phi) is 4.76. The Bertz CT molecular complexity index is 825. The summed E-state index contributed by atoms with van der Waals surface area (Å²) in [6.45, 7) is 1.53. The molecule has 0 aromatic heterocycles. The van der Waals surface area contributed by atoms with Crippen LogP contribution in [0.25, 0.3) is 0 Å². The standard InChI is InChI=1S/C18H17N3O3S/c1-18(16(23)19-13-9-5-6-10-14(13)25-18)17(24)21-20-15(22)11-12-7-3-2-4-8-12/h2-10H,11H2,1H3,(H,19,23)(H,20,22)(H,21,24). The van der Waals surface area contributed by atoms with Gasteiger partial charge in [0.2, 0.25) is 11.8 Å². The molecule has 0 bridgehead atoms. The lowest BCUT2D eigenvalue weighted by Crippen LogP contribution is -2.56. The van der Waals surface area contributed by atoms with E-state index in [-0.39, 0.29) is 12.3 Å². The van der Waals surface area contributed by atoms with Gasteiger partial charge in [-0.15, -0.1) is 0 Å². The Hall–Kier alpha value is -2.80. The maximum atomic E-state index is 12.5. The molecule has 1 unspecified atom stereocenters. The van der Waals surface area contributed by atoms with E-state index in [4.69, 9.17) is 0 Å². The van der Waals surface area contributed by atoms with Gasteiger partial charge in [0.25, 0.3) is 5.91 Å². The van der Waals surface area contributed by atoms with Gasteiger partial charge in [-0.3, -0.25) is 25.2 Å². The van der Waals surface area contributed by atoms with Crippen LogP contribution in [0, 0.1) is 0 Å². The first kappa shape index (κ1) is 17.0. The van der Waals surface area contributed by atoms with Crippen molar-refractivity contribution in [2.45, 2.75) is 23.0 Å². The zero-order chi connectivity index (χ0) is 17.9. The van der Waals surface area contributed by atoms with Gasteiger partial charge in [-0.25, -0.2) is 0 Å². The summed E-state index contributed by atoms with van der Waals surface area (Å²) in [6.07, 6.45) is 0.139. The van der Waals surface area contributed by atoms with Gasteiger partial charge in [-0.05, 0) is 24.6 Å². The second-order valence-electron chi connectivity index (χ2n) is 5.75. The molecule has 0 radical (unpaired) electrons. The highest BCUT2D eigenvalue weighted by Crippen LogP contribution is 2.42. The highest BCUT2D eigenvalue weighted by Gasteiger charge is 2.46. The van der Waals surface area contributed by atoms with Crippen molar-refractivity contribution in [1.82, 2.24) is 10.9 Å². The van der Waals surface area contributed by atoms with E-state index in [1.807, 2.05) is 48.5 Å². The highest BCUT2D eigenvalue weighted by atomic mass is 32.2. The van der Waals surface area contributed by atoms with Gasteiger partial charge in [-0.2, -0.15) is 0 Å². The minimum absolute atomic E-state index is 0.139. The molecule has 3 amide bonds. The number of rotatable bonds is 3. The number of fused-ring (bicyclic) bond motifs is 1. The van der Waals surface area contributed by atoms with E-state index in [9.17, 15) is 14.4 Å². The number of benzene rings is 2. The smallest absolute Gasteiger partial charge is 0.264 e. The van der Waals surface area contributed by atoms with Crippen LogP contribution in [-0.2, 0) is 20.8 Å². The molecule has 2 aromatic carbocycles. The molecule has 128 valence electrons. The van der Waals surface area contributed by atoms with Crippen molar-refractivity contribution in [3.63, 3.8) is 0 Å². The lowest BCUT2D eigenvalue weighted by atomic mass is 10.1. The predicted octanol–water partition coefficient (Wildman–Crippen LogP) is 1.88. The van der Waals surface area contributed by atoms with Crippen molar-refractivity contribution in [1.29, 1.82) is 0 Å². The van der Waals surface area contributed by atoms with E-state index < -0.39 is 16.6 Å². The fourth-order valence-corrected chi connectivity index (χ4v) is 3.49. The van der Waals surface area contributed by atoms with Crippen LogP contribution in [0.5, 0.6) is 0 Å². The van der Waals surface area contributed by atoms with Crippen molar-refractivity contribution >= 4 is 35.2 Å². The van der Waals surface area contributed by atoms with Crippen molar-refractivity contribution in [3.8, 4) is 0 Å². The number of hydrazine groups is 1. The van der Waals surface area contributed by atoms with Crippen LogP contribution < -0.4 is 16.2 Å². The summed E-state index contributed by atoms with van der Waals surface area (Å²) >= 11 is 1.16. The summed E-state index contributed by atoms with van der Waals surface area (Å²) < 4.78 is -1.37. The van der Waals surface area contributed by atoms with Gasteiger partial charge in [0.15, 0.2) is 4.75 Å². The van der Waals surface area contributed by atoms with Crippen LogP contribution in [0.3, 0.4) is 0 Å². The molecule has 0 fully saturated rings. The van der Waals surface area contributed by atoms with Crippen LogP contribution in [-0.4, -0.2) is 22.5 Å². The molecule has 7 heteroatoms. The van der Waals surface area contributed by atoms with Crippen LogP contribution in [0.1, 0.15) is 12.5 Å². The Labute approximate surface area is 149 Å². The molecule has 6 nitrogen and oxygen atoms in total. The summed E-state index contributed by atoms with van der Waals surface area (Å²) in [5, 5.41) is 2.73. The predicted molar refractivity (Wildman–Crippen MR) is 95.8 cm³/mol. The Morgan fingerprint density at radius 3 is 2.48 bits per heavy atom. The van der Waals surface area contributed by atoms with Gasteiger partial charge in [0, 0.05) is 4.90 Å². The molecule has 1 aliphatic heterocycles. The molecule has 0 aliphatic carbocycles. The van der Waals surface area contributed by atoms with Crippen molar-refractivity contribution < 1.29 is 14.4 Å². The average Bonchev–Trinajstić information content (AvgIpc) is 2.61. The fourth-order valence-electron chi connectivity index (χ4n) is 2.39. The Balaban J connectivity index is 1.63. The Morgan fingerprint density at radius 2 is 1.72 bits per heavy atom. The first-order chi connectivity index (χ1) is 12.0. The lowest BCUT2D eigenvalue weighted by molar-refractivity contribution is -0.133. The summed E-state index contributed by atoms with van der Waals surface area (Å²) in [5.41, 5.74) is 6.23. The Morgan fingerprint density at radius 1 is 1.04 bits per heavy atom. The van der Waals surface area contributed by atoms with Crippen molar-refractivity contribution in [2.75, 3.05) is 5.32 Å². The number of hydrogen-bond acceptors (Lipinski definition) is 4. The molecular formula is C18H17N3O3S. The SMILES string of the molecule is CC1(C(=O)NNC(=O)Cc2ccccc2)Sc2ccccc2NC1=O. The number of carbonyl (C=O) groups excluding carboxylic acids is 3. The molecule has 0 spiro atoms. The van der Waals surface area contributed by atoms with Gasteiger partial charge in [0.1, 0.15) is 0 Å². The first-order valence-corrected chi connectivity index (χ1v) is 8.53. The second kappa shape index (κ2) is 6.98. The lowest BCUT2D eigenvalue weighted by Gasteiger charge is -2.31. The molecule has 2 aromatic rings. The normalized spacial score (nSPS) is 18.7. The average molecular weight is 355 g/mol. The maximum absolute atomic E-state index is 12.5. The zero-order valence-electron chi connectivity index (χ0n) is 13.5. The summed E-state index contributed by atoms with van der Waals surface area (Å²) in [6, 6.07) is 16.4. The van der Waals surface area contributed by atoms with Crippen LogP contribution in [0.15, 0.2) is 59.5 Å². The second-order valence-corrected chi connectivity index (χ2v) is 7.21. The molecule has 3 rings (SSSR count). The quantitative estimate of drug-likeness (QED) is 0.579. The van der Waals surface area contributed by atoms with Gasteiger partial charge >= 0.3 is 0 Å². The monoisotopic (exact) mass is 355 g/mol. The van der Waals surface area contributed by atoms with E-state index in [0.717, 1.165) is 22.2 Å². The highest BCUT2D eigenvalue weighted by molar-refractivity contribution is 8.02. The zero-order valence-corrected chi connectivity index (χ0v) is 14.4. The summed E-state index contributed by atoms with van der Waals surface area (Å²) in [7, 11) is 0. The number of thioether (sulfide) groups is 1. The summed E-state index contributed by atoms with van der Waals surface area (Å²) in [5.74, 6) is -1.36. The van der Waals surface area contributed by atoms with E-state index in [1.54, 1.807) is 6.07 Å². The first-order valence-electron chi connectivity index (χ1n) is 7.72. The number of anilines is 1. The molecular weight excluding hydrogens is 338 g/mol. The van der Waals surface area contributed by atoms with E-state index in [1.165, 1.54) is 6.92 Å². The van der Waals surface area contributed by atoms with E-state index in [2.05, 4.69) is 16.2 Å². The third-order valence-corrected chi connectivity index (χ3v) is 5.19. The van der Waals surface area contributed by atoms with Gasteiger partial charge < -0.3 is 5.32 Å². The molecule has 1 heterocycles. The van der Waals surface area contributed by atoms with Crippen molar-refractivity contribution in [3.05, 3.63) is 60.2 Å². The minimum atomic E-state index is -1.37. The molecule has 1 atom stereocenters. The number of carbonyl (C=O) groups is 3. The number of para-hydroxylation sites is 1. The number of amides is 3. The summed E-state index contributed by atoms with van der Waals surface area (Å²) in [4.78, 5) is 37.6. The third kappa shape index (κ3) is 3.66. The minimum Gasteiger partial charge on any atom is -0.323 e. The van der Waals surface area contributed by atoms with Crippen LogP contribution in [0.2, 0.25) is 0 Å². The number of nitrogens with one attached hydrogen (secondary N) is 3. The van der Waals surface area contributed by atoms with E-state index in [0.29, 0.717) is 5.69 Å². The molecule has 1 aliphatic rings. The maximum Gasteiger partial charge on any atom is 0.264 e. The topological polar surface area (TPSA) is 87.3 Å². The van der Waals surface area contributed by atoms with Gasteiger partial charge in [-0.1, -0.05) is 54.2 Å². The number of hydrogen-bond donors (Lipinski definition) is 3.